The number of halogens is 1. The maximum Gasteiger partial charge on any atom is 0.211 e. The second-order valence-corrected chi connectivity index (χ2v) is 7.85. The summed E-state index contributed by atoms with van der Waals surface area (Å²) >= 11 is 6.09. The number of nitrogens with one attached hydrogen (secondary N) is 2. The van der Waals surface area contributed by atoms with Crippen LogP contribution in [0.15, 0.2) is 29.5 Å². The van der Waals surface area contributed by atoms with Crippen LogP contribution in [0.4, 0.5) is 0 Å². The standard InChI is InChI=1S/C22H31ClN2O4/c1-4-19(27)21(22(24-2)15-7-10-20(28)17(23)12-15)18(25-13-26)11-14-5-8-16(29-3)9-6-14/h7,10,12-14,16,22,24,28H,4-6,8-9,11H2,1-3H3,(H,25,26)/b21-18-. The first-order valence-electron chi connectivity index (χ1n) is 10.1. The number of phenolic OH excluding ortho intramolecular Hbond substituents is 1. The Balaban J connectivity index is 2.42. The summed E-state index contributed by atoms with van der Waals surface area (Å²) in [4.78, 5) is 24.3. The number of carbonyl (C=O) groups is 2. The van der Waals surface area contributed by atoms with E-state index in [9.17, 15) is 14.7 Å². The largest absolute Gasteiger partial charge is 0.506 e. The lowest BCUT2D eigenvalue weighted by atomic mass is 9.82. The number of hydrogen-bond donors (Lipinski definition) is 3. The van der Waals surface area contributed by atoms with Gasteiger partial charge in [-0.2, -0.15) is 0 Å². The Labute approximate surface area is 177 Å². The van der Waals surface area contributed by atoms with Gasteiger partial charge in [0.1, 0.15) is 5.75 Å². The first-order chi connectivity index (χ1) is 13.9. The van der Waals surface area contributed by atoms with Crippen LogP contribution in [0.3, 0.4) is 0 Å². The zero-order valence-electron chi connectivity index (χ0n) is 17.3. The van der Waals surface area contributed by atoms with Gasteiger partial charge in [-0.3, -0.25) is 9.59 Å². The third-order valence-electron chi connectivity index (χ3n) is 5.68. The van der Waals surface area contributed by atoms with E-state index in [0.717, 1.165) is 31.2 Å². The van der Waals surface area contributed by atoms with Crippen molar-refractivity contribution < 1.29 is 19.4 Å². The molecule has 0 spiro atoms. The number of carbonyl (C=O) groups excluding carboxylic acids is 2. The zero-order valence-corrected chi connectivity index (χ0v) is 18.1. The summed E-state index contributed by atoms with van der Waals surface area (Å²) in [6.45, 7) is 1.81. The third-order valence-corrected chi connectivity index (χ3v) is 5.98. The molecule has 0 heterocycles. The Morgan fingerprint density at radius 3 is 2.55 bits per heavy atom. The van der Waals surface area contributed by atoms with Gasteiger partial charge in [-0.1, -0.05) is 24.6 Å². The first-order valence-corrected chi connectivity index (χ1v) is 10.5. The van der Waals surface area contributed by atoms with Gasteiger partial charge in [-0.25, -0.2) is 0 Å². The highest BCUT2D eigenvalue weighted by atomic mass is 35.5. The molecule has 6 nitrogen and oxygen atoms in total. The minimum absolute atomic E-state index is 0.0150. The maximum atomic E-state index is 12.9. The fourth-order valence-electron chi connectivity index (χ4n) is 4.05. The van der Waals surface area contributed by atoms with Gasteiger partial charge in [0.25, 0.3) is 0 Å². The van der Waals surface area contributed by atoms with E-state index in [4.69, 9.17) is 16.3 Å². The van der Waals surface area contributed by atoms with Crippen LogP contribution in [0.5, 0.6) is 5.75 Å². The molecule has 0 radical (unpaired) electrons. The quantitative estimate of drug-likeness (QED) is 0.393. The number of allylic oxidation sites excluding steroid dienone is 1. The Hall–Kier alpha value is -1.89. The molecule has 7 heteroatoms. The van der Waals surface area contributed by atoms with E-state index < -0.39 is 6.04 Å². The molecule has 1 amide bonds. The van der Waals surface area contributed by atoms with Gasteiger partial charge in [0.05, 0.1) is 17.2 Å². The summed E-state index contributed by atoms with van der Waals surface area (Å²) in [5, 5.41) is 15.9. The predicted octanol–water partition coefficient (Wildman–Crippen LogP) is 3.88. The lowest BCUT2D eigenvalue weighted by Crippen LogP contribution is -2.30. The molecular formula is C22H31ClN2O4. The van der Waals surface area contributed by atoms with Crippen molar-refractivity contribution in [3.8, 4) is 5.75 Å². The summed E-state index contributed by atoms with van der Waals surface area (Å²) < 4.78 is 5.45. The lowest BCUT2D eigenvalue weighted by molar-refractivity contribution is -0.115. The van der Waals surface area contributed by atoms with Crippen molar-refractivity contribution in [1.29, 1.82) is 0 Å². The maximum absolute atomic E-state index is 12.9. The van der Waals surface area contributed by atoms with Crippen molar-refractivity contribution in [2.75, 3.05) is 14.2 Å². The number of likely N-dealkylation sites (N-methyl/N-ethyl adjacent to an activating group) is 1. The van der Waals surface area contributed by atoms with Crippen molar-refractivity contribution in [2.45, 2.75) is 57.6 Å². The number of ether oxygens (including phenoxy) is 1. The van der Waals surface area contributed by atoms with Gasteiger partial charge >= 0.3 is 0 Å². The zero-order chi connectivity index (χ0) is 21.4. The van der Waals surface area contributed by atoms with Crippen LogP contribution in [0.2, 0.25) is 5.02 Å². The van der Waals surface area contributed by atoms with Gasteiger partial charge in [0, 0.05) is 24.8 Å². The molecule has 1 aliphatic rings. The van der Waals surface area contributed by atoms with Crippen LogP contribution in [0, 0.1) is 5.92 Å². The molecule has 2 rings (SSSR count). The van der Waals surface area contributed by atoms with E-state index in [-0.39, 0.29) is 16.6 Å². The Kier molecular flexibility index (Phi) is 9.14. The van der Waals surface area contributed by atoms with Crippen molar-refractivity contribution in [3.63, 3.8) is 0 Å². The molecule has 1 aliphatic carbocycles. The normalized spacial score (nSPS) is 21.2. The summed E-state index contributed by atoms with van der Waals surface area (Å²) in [5.41, 5.74) is 1.94. The van der Waals surface area contributed by atoms with Gasteiger partial charge in [0.2, 0.25) is 6.41 Å². The summed E-state index contributed by atoms with van der Waals surface area (Å²) in [6, 6.07) is 4.43. The highest BCUT2D eigenvalue weighted by Gasteiger charge is 2.28. The SMILES string of the molecule is CCC(=O)/C(=C(\CC1CCC(OC)CC1)NC=O)C(NC)c1ccc(O)c(Cl)c1. The molecule has 0 aliphatic heterocycles. The molecule has 1 saturated carbocycles. The molecule has 1 fully saturated rings. The van der Waals surface area contributed by atoms with E-state index in [2.05, 4.69) is 10.6 Å². The Bertz CT molecular complexity index is 742. The number of aromatic hydroxyl groups is 1. The smallest absolute Gasteiger partial charge is 0.211 e. The van der Waals surface area contributed by atoms with Crippen molar-refractivity contribution >= 4 is 23.8 Å². The van der Waals surface area contributed by atoms with Crippen LogP contribution in [-0.2, 0) is 14.3 Å². The monoisotopic (exact) mass is 422 g/mol. The topological polar surface area (TPSA) is 87.7 Å². The molecule has 0 saturated heterocycles. The second-order valence-electron chi connectivity index (χ2n) is 7.45. The van der Waals surface area contributed by atoms with E-state index in [1.807, 2.05) is 0 Å². The highest BCUT2D eigenvalue weighted by Crippen LogP contribution is 2.35. The summed E-state index contributed by atoms with van der Waals surface area (Å²) in [6.07, 6.45) is 5.82. The van der Waals surface area contributed by atoms with Crippen LogP contribution >= 0.6 is 11.6 Å². The molecular weight excluding hydrogens is 392 g/mol. The number of amides is 1. The number of Topliss-reactive ketones (excluding diaryl/α,β-unsaturated/α-hetero) is 1. The van der Waals surface area contributed by atoms with Crippen molar-refractivity contribution in [2.24, 2.45) is 5.92 Å². The molecule has 1 unspecified atom stereocenters. The molecule has 1 aromatic carbocycles. The van der Waals surface area contributed by atoms with Crippen molar-refractivity contribution in [1.82, 2.24) is 10.6 Å². The number of rotatable bonds is 10. The summed E-state index contributed by atoms with van der Waals surface area (Å²) in [7, 11) is 3.50. The average molecular weight is 423 g/mol. The van der Waals surface area contributed by atoms with Gasteiger partial charge in [0.15, 0.2) is 5.78 Å². The Morgan fingerprint density at radius 1 is 1.34 bits per heavy atom. The number of phenols is 1. The van der Waals surface area contributed by atoms with Crippen LogP contribution < -0.4 is 10.6 Å². The van der Waals surface area contributed by atoms with E-state index in [1.54, 1.807) is 33.2 Å². The fraction of sp³-hybridized carbons (Fsp3) is 0.545. The molecule has 3 N–H and O–H groups in total. The van der Waals surface area contributed by atoms with Gasteiger partial charge in [-0.15, -0.1) is 0 Å². The minimum atomic E-state index is -0.446. The molecule has 160 valence electrons. The van der Waals surface area contributed by atoms with Crippen molar-refractivity contribution in [3.05, 3.63) is 40.1 Å². The van der Waals surface area contributed by atoms with E-state index in [0.29, 0.717) is 42.5 Å². The van der Waals surface area contributed by atoms with E-state index in [1.165, 1.54) is 6.07 Å². The highest BCUT2D eigenvalue weighted by molar-refractivity contribution is 6.32. The number of ketones is 1. The first kappa shape index (κ1) is 23.4. The fourth-order valence-corrected chi connectivity index (χ4v) is 4.24. The number of hydrogen-bond acceptors (Lipinski definition) is 5. The number of benzene rings is 1. The van der Waals surface area contributed by atoms with E-state index >= 15 is 0 Å². The second kappa shape index (κ2) is 11.3. The predicted molar refractivity (Wildman–Crippen MR) is 114 cm³/mol. The molecule has 29 heavy (non-hydrogen) atoms. The lowest BCUT2D eigenvalue weighted by Gasteiger charge is -2.30. The molecule has 1 aromatic rings. The average Bonchev–Trinajstić information content (AvgIpc) is 2.73. The summed E-state index contributed by atoms with van der Waals surface area (Å²) in [5.74, 6) is 0.326. The Morgan fingerprint density at radius 2 is 2.03 bits per heavy atom. The number of methoxy groups -OCH3 is 1. The van der Waals surface area contributed by atoms with Crippen LogP contribution in [0.25, 0.3) is 0 Å². The third kappa shape index (κ3) is 6.04. The molecule has 1 atom stereocenters. The van der Waals surface area contributed by atoms with Crippen LogP contribution in [-0.4, -0.2) is 37.6 Å². The molecule has 0 aromatic heterocycles. The minimum Gasteiger partial charge on any atom is -0.506 e. The molecule has 0 bridgehead atoms. The van der Waals surface area contributed by atoms with Gasteiger partial charge < -0.3 is 20.5 Å². The van der Waals surface area contributed by atoms with Crippen LogP contribution in [0.1, 0.15) is 57.1 Å². The van der Waals surface area contributed by atoms with Gasteiger partial charge in [-0.05, 0) is 62.8 Å².